The Kier molecular flexibility index (Phi) is 2.34. The first-order valence-corrected chi connectivity index (χ1v) is 3.13. The van der Waals surface area contributed by atoms with Gasteiger partial charge < -0.3 is 0 Å². The molecular formula is C8H4F3N. The van der Waals surface area contributed by atoms with Gasteiger partial charge in [0.05, 0.1) is 11.1 Å². The fraction of sp³-hybridized carbons (Fsp3) is 0.125. The molecule has 0 aliphatic carbocycles. The molecule has 0 aromatic heterocycles. The molecule has 4 heteroatoms. The summed E-state index contributed by atoms with van der Waals surface area (Å²) in [6, 6.07) is 4.82. The Morgan fingerprint density at radius 2 is 2.00 bits per heavy atom. The highest BCUT2D eigenvalue weighted by Gasteiger charge is 2.15. The zero-order valence-corrected chi connectivity index (χ0v) is 5.89. The Morgan fingerprint density at radius 1 is 1.33 bits per heavy atom. The first-order valence-electron chi connectivity index (χ1n) is 3.13. The monoisotopic (exact) mass is 171 g/mol. The molecule has 0 radical (unpaired) electrons. The van der Waals surface area contributed by atoms with Gasteiger partial charge in [-0.05, 0) is 6.07 Å². The average Bonchev–Trinajstić information content (AvgIpc) is 2.04. The van der Waals surface area contributed by atoms with E-state index in [1.54, 1.807) is 0 Å². The lowest BCUT2D eigenvalue weighted by atomic mass is 10.1. The van der Waals surface area contributed by atoms with Gasteiger partial charge in [0.1, 0.15) is 11.9 Å². The predicted molar refractivity (Wildman–Crippen MR) is 36.1 cm³/mol. The van der Waals surface area contributed by atoms with Crippen molar-refractivity contribution in [3.8, 4) is 6.07 Å². The molecule has 0 N–H and O–H groups in total. The topological polar surface area (TPSA) is 23.8 Å². The van der Waals surface area contributed by atoms with Crippen LogP contribution in [0.3, 0.4) is 0 Å². The summed E-state index contributed by atoms with van der Waals surface area (Å²) in [4.78, 5) is 0. The number of nitriles is 1. The van der Waals surface area contributed by atoms with Crippen LogP contribution in [-0.2, 0) is 0 Å². The summed E-state index contributed by atoms with van der Waals surface area (Å²) >= 11 is 0. The number of rotatable bonds is 1. The van der Waals surface area contributed by atoms with Crippen molar-refractivity contribution in [2.75, 3.05) is 0 Å². The van der Waals surface area contributed by atoms with Gasteiger partial charge in [-0.2, -0.15) is 5.26 Å². The number of nitrogens with zero attached hydrogens (tertiary/aromatic N) is 1. The summed E-state index contributed by atoms with van der Waals surface area (Å²) in [5, 5.41) is 8.29. The minimum Gasteiger partial charge on any atom is -0.205 e. The van der Waals surface area contributed by atoms with Crippen molar-refractivity contribution < 1.29 is 13.2 Å². The van der Waals surface area contributed by atoms with E-state index in [4.69, 9.17) is 5.26 Å². The third-order valence-electron chi connectivity index (χ3n) is 1.38. The van der Waals surface area contributed by atoms with Gasteiger partial charge in [0.25, 0.3) is 6.43 Å². The highest BCUT2D eigenvalue weighted by atomic mass is 19.3. The highest BCUT2D eigenvalue weighted by Crippen LogP contribution is 2.23. The van der Waals surface area contributed by atoms with Crippen LogP contribution in [0, 0.1) is 17.1 Å². The van der Waals surface area contributed by atoms with Gasteiger partial charge >= 0.3 is 0 Å². The van der Waals surface area contributed by atoms with Gasteiger partial charge in [0.2, 0.25) is 0 Å². The van der Waals surface area contributed by atoms with Crippen LogP contribution in [0.4, 0.5) is 13.2 Å². The van der Waals surface area contributed by atoms with Gasteiger partial charge in [0, 0.05) is 0 Å². The molecule has 12 heavy (non-hydrogen) atoms. The maximum atomic E-state index is 12.8. The smallest absolute Gasteiger partial charge is 0.205 e. The van der Waals surface area contributed by atoms with Crippen LogP contribution in [0.5, 0.6) is 0 Å². The van der Waals surface area contributed by atoms with E-state index >= 15 is 0 Å². The van der Waals surface area contributed by atoms with E-state index in [2.05, 4.69) is 0 Å². The molecule has 0 unspecified atom stereocenters. The van der Waals surface area contributed by atoms with Crippen LogP contribution in [0.15, 0.2) is 18.2 Å². The van der Waals surface area contributed by atoms with Crippen molar-refractivity contribution in [2.24, 2.45) is 0 Å². The predicted octanol–water partition coefficient (Wildman–Crippen LogP) is 2.63. The Morgan fingerprint density at radius 3 is 2.50 bits per heavy atom. The molecule has 0 heterocycles. The summed E-state index contributed by atoms with van der Waals surface area (Å²) in [6.07, 6.45) is -2.88. The van der Waals surface area contributed by atoms with Crippen LogP contribution < -0.4 is 0 Å². The second kappa shape index (κ2) is 3.26. The molecular weight excluding hydrogens is 167 g/mol. The molecule has 0 saturated heterocycles. The van der Waals surface area contributed by atoms with E-state index in [1.807, 2.05) is 0 Å². The van der Waals surface area contributed by atoms with E-state index in [1.165, 1.54) is 12.1 Å². The Balaban J connectivity index is 3.25. The average molecular weight is 171 g/mol. The maximum Gasteiger partial charge on any atom is 0.266 e. The van der Waals surface area contributed by atoms with Crippen LogP contribution in [0.2, 0.25) is 0 Å². The lowest BCUT2D eigenvalue weighted by Gasteiger charge is -2.01. The number of benzene rings is 1. The van der Waals surface area contributed by atoms with Crippen molar-refractivity contribution in [1.29, 1.82) is 5.26 Å². The van der Waals surface area contributed by atoms with Gasteiger partial charge in [-0.25, -0.2) is 13.2 Å². The van der Waals surface area contributed by atoms with Crippen molar-refractivity contribution >= 4 is 0 Å². The Hall–Kier alpha value is -1.50. The van der Waals surface area contributed by atoms with E-state index < -0.39 is 17.8 Å². The molecule has 0 aliphatic heterocycles. The third kappa shape index (κ3) is 1.40. The van der Waals surface area contributed by atoms with Gasteiger partial charge in [-0.1, -0.05) is 12.1 Å². The third-order valence-corrected chi connectivity index (χ3v) is 1.38. The Bertz CT molecular complexity index is 328. The standard InChI is InChI=1S/C8H4F3N/c9-7-5(4-12)2-1-3-6(7)8(10)11/h1-3,8H. The number of hydrogen-bond acceptors (Lipinski definition) is 1. The number of halogens is 3. The number of alkyl halides is 2. The van der Waals surface area contributed by atoms with Crippen molar-refractivity contribution in [1.82, 2.24) is 0 Å². The van der Waals surface area contributed by atoms with Gasteiger partial charge in [-0.3, -0.25) is 0 Å². The lowest BCUT2D eigenvalue weighted by Crippen LogP contribution is -1.93. The highest BCUT2D eigenvalue weighted by molar-refractivity contribution is 5.35. The normalized spacial score (nSPS) is 9.92. The molecule has 1 rings (SSSR count). The molecule has 1 aromatic carbocycles. The zero-order chi connectivity index (χ0) is 9.14. The summed E-state index contributed by atoms with van der Waals surface area (Å²) in [6.45, 7) is 0. The maximum absolute atomic E-state index is 12.8. The fourth-order valence-electron chi connectivity index (χ4n) is 0.805. The minimum absolute atomic E-state index is 0.354. The molecule has 0 amide bonds. The largest absolute Gasteiger partial charge is 0.266 e. The molecule has 0 bridgehead atoms. The SMILES string of the molecule is N#Cc1cccc(C(F)F)c1F. The molecule has 62 valence electrons. The quantitative estimate of drug-likeness (QED) is 0.637. The molecule has 0 saturated carbocycles. The van der Waals surface area contributed by atoms with Crippen LogP contribution >= 0.6 is 0 Å². The van der Waals surface area contributed by atoms with E-state index in [-0.39, 0.29) is 5.56 Å². The molecule has 1 nitrogen and oxygen atoms in total. The minimum atomic E-state index is -2.88. The van der Waals surface area contributed by atoms with Crippen LogP contribution in [0.1, 0.15) is 17.6 Å². The summed E-state index contributed by atoms with van der Waals surface area (Å²) in [7, 11) is 0. The molecule has 0 aliphatic rings. The fourth-order valence-corrected chi connectivity index (χ4v) is 0.805. The van der Waals surface area contributed by atoms with Crippen molar-refractivity contribution in [3.63, 3.8) is 0 Å². The van der Waals surface area contributed by atoms with E-state index in [0.717, 1.165) is 12.1 Å². The first kappa shape index (κ1) is 8.60. The second-order valence-electron chi connectivity index (χ2n) is 2.12. The van der Waals surface area contributed by atoms with E-state index in [0.29, 0.717) is 0 Å². The Labute approximate surface area is 67.1 Å². The molecule has 1 aromatic rings. The molecule has 0 fully saturated rings. The van der Waals surface area contributed by atoms with Crippen LogP contribution in [-0.4, -0.2) is 0 Å². The zero-order valence-electron chi connectivity index (χ0n) is 5.89. The second-order valence-corrected chi connectivity index (χ2v) is 2.12. The summed E-state index contributed by atoms with van der Waals surface area (Å²) < 4.78 is 36.8. The lowest BCUT2D eigenvalue weighted by molar-refractivity contribution is 0.146. The van der Waals surface area contributed by atoms with E-state index in [9.17, 15) is 13.2 Å². The first-order chi connectivity index (χ1) is 5.66. The number of hydrogen-bond donors (Lipinski definition) is 0. The van der Waals surface area contributed by atoms with Crippen molar-refractivity contribution in [3.05, 3.63) is 35.1 Å². The summed E-state index contributed by atoms with van der Waals surface area (Å²) in [5.74, 6) is -1.13. The molecule has 0 spiro atoms. The van der Waals surface area contributed by atoms with Gasteiger partial charge in [-0.15, -0.1) is 0 Å². The van der Waals surface area contributed by atoms with Crippen molar-refractivity contribution in [2.45, 2.75) is 6.43 Å². The molecule has 0 atom stereocenters. The van der Waals surface area contributed by atoms with Crippen LogP contribution in [0.25, 0.3) is 0 Å². The van der Waals surface area contributed by atoms with Gasteiger partial charge in [0.15, 0.2) is 0 Å². The summed E-state index contributed by atoms with van der Waals surface area (Å²) in [5.41, 5.74) is -1.08.